The minimum atomic E-state index is -3.07. The molecule has 2 N–H and O–H groups in total. The van der Waals surface area contributed by atoms with Crippen LogP contribution >= 0.6 is 24.0 Å². The van der Waals surface area contributed by atoms with Gasteiger partial charge in [0.05, 0.1) is 5.75 Å². The van der Waals surface area contributed by atoms with Crippen molar-refractivity contribution in [1.29, 1.82) is 0 Å². The van der Waals surface area contributed by atoms with Crippen molar-refractivity contribution < 1.29 is 8.42 Å². The van der Waals surface area contributed by atoms with Crippen LogP contribution in [0, 0.1) is 0 Å². The summed E-state index contributed by atoms with van der Waals surface area (Å²) in [6.45, 7) is 9.68. The minimum Gasteiger partial charge on any atom is -0.357 e. The zero-order chi connectivity index (χ0) is 14.9. The Morgan fingerprint density at radius 1 is 1.30 bits per heavy atom. The average Bonchev–Trinajstić information content (AvgIpc) is 2.33. The van der Waals surface area contributed by atoms with Gasteiger partial charge < -0.3 is 10.6 Å². The summed E-state index contributed by atoms with van der Waals surface area (Å²) in [6.07, 6.45) is 0.713. The monoisotopic (exact) mass is 420 g/mol. The Bertz CT molecular complexity index is 372. The molecule has 122 valence electrons. The molecular formula is C12H29IN4O2S. The lowest BCUT2D eigenvalue weighted by Gasteiger charge is -2.16. The van der Waals surface area contributed by atoms with Crippen LogP contribution in [0.5, 0.6) is 0 Å². The Kier molecular flexibility index (Phi) is 12.8. The zero-order valence-electron chi connectivity index (χ0n) is 13.1. The van der Waals surface area contributed by atoms with E-state index in [9.17, 15) is 8.42 Å². The third-order valence-electron chi connectivity index (χ3n) is 2.51. The van der Waals surface area contributed by atoms with Gasteiger partial charge in [-0.25, -0.2) is 12.7 Å². The number of halogens is 1. The number of aliphatic imine (C=N–C) groups is 1. The molecule has 8 heteroatoms. The van der Waals surface area contributed by atoms with Crippen molar-refractivity contribution in [3.63, 3.8) is 0 Å². The number of nitrogens with zero attached hydrogens (tertiary/aromatic N) is 2. The van der Waals surface area contributed by atoms with Crippen molar-refractivity contribution in [1.82, 2.24) is 14.9 Å². The van der Waals surface area contributed by atoms with Crippen LogP contribution in [-0.4, -0.2) is 57.2 Å². The van der Waals surface area contributed by atoms with Crippen LogP contribution in [0.25, 0.3) is 0 Å². The highest BCUT2D eigenvalue weighted by Gasteiger charge is 2.13. The summed E-state index contributed by atoms with van der Waals surface area (Å²) in [4.78, 5) is 4.41. The van der Waals surface area contributed by atoms with Crippen molar-refractivity contribution in [3.05, 3.63) is 0 Å². The largest absolute Gasteiger partial charge is 0.357 e. The smallest absolute Gasteiger partial charge is 0.213 e. The van der Waals surface area contributed by atoms with Gasteiger partial charge in [0, 0.05) is 32.7 Å². The predicted molar refractivity (Wildman–Crippen MR) is 96.4 cm³/mol. The summed E-state index contributed by atoms with van der Waals surface area (Å²) < 4.78 is 24.5. The Balaban J connectivity index is 0. The first-order valence-electron chi connectivity index (χ1n) is 6.82. The molecule has 0 radical (unpaired) electrons. The highest BCUT2D eigenvalue weighted by atomic mass is 127. The molecule has 0 saturated heterocycles. The second-order valence-electron chi connectivity index (χ2n) is 4.64. The number of hydrogen-bond donors (Lipinski definition) is 2. The van der Waals surface area contributed by atoms with E-state index in [0.717, 1.165) is 12.5 Å². The van der Waals surface area contributed by atoms with E-state index >= 15 is 0 Å². The van der Waals surface area contributed by atoms with Crippen LogP contribution in [0.4, 0.5) is 0 Å². The third-order valence-corrected chi connectivity index (χ3v) is 4.37. The SMILES string of the molecule is CCNC(=NCCCN(C)S(=O)(=O)CC)NC(C)C.I. The molecule has 0 rings (SSSR count). The maximum absolute atomic E-state index is 11.5. The van der Waals surface area contributed by atoms with Gasteiger partial charge in [-0.05, 0) is 34.1 Å². The predicted octanol–water partition coefficient (Wildman–Crippen LogP) is 1.24. The Labute approximate surface area is 140 Å². The molecule has 0 fully saturated rings. The number of rotatable bonds is 8. The van der Waals surface area contributed by atoms with Gasteiger partial charge in [-0.1, -0.05) is 0 Å². The molecule has 20 heavy (non-hydrogen) atoms. The molecule has 0 amide bonds. The van der Waals surface area contributed by atoms with Gasteiger partial charge in [0.2, 0.25) is 10.0 Å². The van der Waals surface area contributed by atoms with E-state index in [4.69, 9.17) is 0 Å². The molecule has 0 atom stereocenters. The fourth-order valence-corrected chi connectivity index (χ4v) is 2.29. The number of nitrogens with one attached hydrogen (secondary N) is 2. The molecule has 0 bridgehead atoms. The van der Waals surface area contributed by atoms with E-state index in [1.54, 1.807) is 14.0 Å². The van der Waals surface area contributed by atoms with Gasteiger partial charge in [-0.3, -0.25) is 4.99 Å². The summed E-state index contributed by atoms with van der Waals surface area (Å²) >= 11 is 0. The van der Waals surface area contributed by atoms with Crippen molar-refractivity contribution in [2.45, 2.75) is 40.2 Å². The first kappa shape index (κ1) is 22.2. The maximum Gasteiger partial charge on any atom is 0.213 e. The Morgan fingerprint density at radius 2 is 1.90 bits per heavy atom. The van der Waals surface area contributed by atoms with E-state index in [2.05, 4.69) is 29.5 Å². The van der Waals surface area contributed by atoms with Crippen molar-refractivity contribution in [2.75, 3.05) is 32.4 Å². The van der Waals surface area contributed by atoms with E-state index in [1.807, 2.05) is 6.92 Å². The zero-order valence-corrected chi connectivity index (χ0v) is 16.3. The first-order chi connectivity index (χ1) is 8.83. The normalized spacial score (nSPS) is 12.4. The van der Waals surface area contributed by atoms with E-state index < -0.39 is 10.0 Å². The van der Waals surface area contributed by atoms with Gasteiger partial charge in [-0.15, -0.1) is 24.0 Å². The van der Waals surface area contributed by atoms with Gasteiger partial charge in [0.15, 0.2) is 5.96 Å². The molecule has 0 aliphatic carbocycles. The van der Waals surface area contributed by atoms with E-state index in [1.165, 1.54) is 4.31 Å². The number of hydrogen-bond acceptors (Lipinski definition) is 3. The van der Waals surface area contributed by atoms with Crippen LogP contribution < -0.4 is 10.6 Å². The Morgan fingerprint density at radius 3 is 2.35 bits per heavy atom. The standard InChI is InChI=1S/C12H28N4O2S.HI/c1-6-13-12(15-11(3)4)14-9-8-10-16(5)19(17,18)7-2;/h11H,6-10H2,1-5H3,(H2,13,14,15);1H. The topological polar surface area (TPSA) is 73.8 Å². The molecule has 0 spiro atoms. The molecule has 0 saturated carbocycles. The van der Waals surface area contributed by atoms with Crippen LogP contribution in [0.3, 0.4) is 0 Å². The molecule has 0 unspecified atom stereocenters. The minimum absolute atomic E-state index is 0. The molecular weight excluding hydrogens is 391 g/mol. The molecule has 0 aromatic rings. The molecule has 6 nitrogen and oxygen atoms in total. The lowest BCUT2D eigenvalue weighted by Crippen LogP contribution is -2.41. The van der Waals surface area contributed by atoms with Crippen LogP contribution in [-0.2, 0) is 10.0 Å². The molecule has 0 aromatic heterocycles. The lowest BCUT2D eigenvalue weighted by atomic mass is 10.4. The van der Waals surface area contributed by atoms with Gasteiger partial charge in [0.25, 0.3) is 0 Å². The van der Waals surface area contributed by atoms with Crippen LogP contribution in [0.2, 0.25) is 0 Å². The molecule has 0 aliphatic rings. The third kappa shape index (κ3) is 9.76. The van der Waals surface area contributed by atoms with Crippen LogP contribution in [0.15, 0.2) is 4.99 Å². The van der Waals surface area contributed by atoms with E-state index in [0.29, 0.717) is 25.6 Å². The van der Waals surface area contributed by atoms with Crippen LogP contribution in [0.1, 0.15) is 34.1 Å². The highest BCUT2D eigenvalue weighted by molar-refractivity contribution is 14.0. The van der Waals surface area contributed by atoms with Crippen molar-refractivity contribution in [3.8, 4) is 0 Å². The average molecular weight is 420 g/mol. The summed E-state index contributed by atoms with van der Waals surface area (Å²) in [5, 5.41) is 6.37. The number of guanidine groups is 1. The summed E-state index contributed by atoms with van der Waals surface area (Å²) in [6, 6.07) is 0.320. The molecule has 0 heterocycles. The molecule has 0 aliphatic heterocycles. The van der Waals surface area contributed by atoms with E-state index in [-0.39, 0.29) is 29.7 Å². The van der Waals surface area contributed by atoms with Crippen molar-refractivity contribution >= 4 is 40.0 Å². The number of sulfonamides is 1. The highest BCUT2D eigenvalue weighted by Crippen LogP contribution is 1.98. The van der Waals surface area contributed by atoms with Gasteiger partial charge in [0.1, 0.15) is 0 Å². The second kappa shape index (κ2) is 11.6. The van der Waals surface area contributed by atoms with Gasteiger partial charge in [-0.2, -0.15) is 0 Å². The first-order valence-corrected chi connectivity index (χ1v) is 8.43. The maximum atomic E-state index is 11.5. The fourth-order valence-electron chi connectivity index (χ4n) is 1.44. The lowest BCUT2D eigenvalue weighted by molar-refractivity contribution is 0.464. The van der Waals surface area contributed by atoms with Crippen molar-refractivity contribution in [2.24, 2.45) is 4.99 Å². The fraction of sp³-hybridized carbons (Fsp3) is 0.917. The summed E-state index contributed by atoms with van der Waals surface area (Å²) in [7, 11) is -1.46. The summed E-state index contributed by atoms with van der Waals surface area (Å²) in [5.74, 6) is 0.920. The second-order valence-corrected chi connectivity index (χ2v) is 7.00. The summed E-state index contributed by atoms with van der Waals surface area (Å²) in [5.41, 5.74) is 0. The Hall–Kier alpha value is -0.0900. The molecule has 0 aromatic carbocycles. The quantitative estimate of drug-likeness (QED) is 0.268. The van der Waals surface area contributed by atoms with Gasteiger partial charge >= 0.3 is 0 Å².